The van der Waals surface area contributed by atoms with E-state index in [9.17, 15) is 0 Å². The van der Waals surface area contributed by atoms with Crippen molar-refractivity contribution in [2.45, 2.75) is 78.2 Å². The number of ether oxygens (including phenoxy) is 2. The summed E-state index contributed by atoms with van der Waals surface area (Å²) in [7, 11) is 0. The molecule has 0 spiro atoms. The lowest BCUT2D eigenvalue weighted by atomic mass is 9.55. The highest BCUT2D eigenvalue weighted by molar-refractivity contribution is 14.0. The first-order valence-corrected chi connectivity index (χ1v) is 10.2. The molecule has 2 aliphatic heterocycles. The van der Waals surface area contributed by atoms with Gasteiger partial charge in [-0.1, -0.05) is 27.7 Å². The maximum atomic E-state index is 6.05. The van der Waals surface area contributed by atoms with E-state index in [-0.39, 0.29) is 34.8 Å². The average Bonchev–Trinajstić information content (AvgIpc) is 3.04. The largest absolute Gasteiger partial charge is 0.377 e. The Hall–Kier alpha value is -0.0800. The van der Waals surface area contributed by atoms with Crippen LogP contribution in [0.2, 0.25) is 0 Å². The first-order chi connectivity index (χ1) is 11.9. The Bertz CT molecular complexity index is 551. The van der Waals surface area contributed by atoms with Crippen molar-refractivity contribution in [1.29, 1.82) is 0 Å². The molecule has 26 heavy (non-hydrogen) atoms. The number of halogens is 1. The SMILES string of the molecule is CCN=C(NC1C2CCCOC2C1(C)C)NC1C2CCOC2C1(C)C.I. The van der Waals surface area contributed by atoms with Gasteiger partial charge in [0.15, 0.2) is 5.96 Å². The molecule has 6 heteroatoms. The fraction of sp³-hybridized carbons (Fsp3) is 0.950. The van der Waals surface area contributed by atoms with Crippen molar-refractivity contribution in [2.75, 3.05) is 19.8 Å². The Balaban J connectivity index is 0.00000196. The van der Waals surface area contributed by atoms with Gasteiger partial charge in [0.25, 0.3) is 0 Å². The number of rotatable bonds is 3. The molecule has 0 amide bonds. The zero-order valence-corrected chi connectivity index (χ0v) is 19.2. The normalized spacial score (nSPS) is 42.4. The minimum Gasteiger partial charge on any atom is -0.377 e. The Morgan fingerprint density at radius 3 is 2.04 bits per heavy atom. The van der Waals surface area contributed by atoms with Crippen LogP contribution in [0.25, 0.3) is 0 Å². The molecule has 0 aromatic carbocycles. The lowest BCUT2D eigenvalue weighted by Crippen LogP contribution is -2.73. The monoisotopic (exact) mass is 477 g/mol. The number of guanidine groups is 1. The van der Waals surface area contributed by atoms with Gasteiger partial charge in [0.2, 0.25) is 0 Å². The highest BCUT2D eigenvalue weighted by atomic mass is 127. The van der Waals surface area contributed by atoms with Crippen molar-refractivity contribution in [2.24, 2.45) is 27.7 Å². The lowest BCUT2D eigenvalue weighted by molar-refractivity contribution is -0.188. The predicted octanol–water partition coefficient (Wildman–Crippen LogP) is 3.18. The molecule has 5 nitrogen and oxygen atoms in total. The van der Waals surface area contributed by atoms with Crippen molar-refractivity contribution >= 4 is 29.9 Å². The summed E-state index contributed by atoms with van der Waals surface area (Å²) in [5, 5.41) is 7.55. The van der Waals surface area contributed by atoms with E-state index in [0.29, 0.717) is 36.1 Å². The van der Waals surface area contributed by atoms with Gasteiger partial charge in [-0.05, 0) is 26.2 Å². The fourth-order valence-corrected chi connectivity index (χ4v) is 6.02. The Morgan fingerprint density at radius 1 is 0.923 bits per heavy atom. The molecular weight excluding hydrogens is 441 g/mol. The summed E-state index contributed by atoms with van der Waals surface area (Å²) < 4.78 is 12.0. The second kappa shape index (κ2) is 7.39. The zero-order chi connectivity index (χ0) is 17.8. The topological polar surface area (TPSA) is 54.9 Å². The van der Waals surface area contributed by atoms with Gasteiger partial charge in [-0.25, -0.2) is 0 Å². The highest BCUT2D eigenvalue weighted by Crippen LogP contribution is 2.53. The highest BCUT2D eigenvalue weighted by Gasteiger charge is 2.61. The molecule has 0 aromatic rings. The standard InChI is InChI=1S/C20H35N3O2.HI/c1-6-21-18(23-15-13-9-11-25-17(13)20(15,4)5)22-14-12-8-7-10-24-16(12)19(14,2)3;/h12-17H,6-11H2,1-5H3,(H2,21,22,23);1H. The van der Waals surface area contributed by atoms with E-state index in [4.69, 9.17) is 14.5 Å². The van der Waals surface area contributed by atoms with Crippen LogP contribution in [0.1, 0.15) is 53.9 Å². The van der Waals surface area contributed by atoms with Crippen LogP contribution in [0.4, 0.5) is 0 Å². The van der Waals surface area contributed by atoms with Crippen LogP contribution in [-0.2, 0) is 9.47 Å². The summed E-state index contributed by atoms with van der Waals surface area (Å²) >= 11 is 0. The van der Waals surface area contributed by atoms with Crippen LogP contribution < -0.4 is 10.6 Å². The summed E-state index contributed by atoms with van der Waals surface area (Å²) in [6, 6.07) is 0.883. The van der Waals surface area contributed by atoms with Gasteiger partial charge < -0.3 is 20.1 Å². The fourth-order valence-electron chi connectivity index (χ4n) is 6.02. The molecule has 2 aliphatic carbocycles. The Kier molecular flexibility index (Phi) is 5.87. The van der Waals surface area contributed by atoms with Crippen molar-refractivity contribution in [3.8, 4) is 0 Å². The summed E-state index contributed by atoms with van der Waals surface area (Å²) in [4.78, 5) is 4.76. The average molecular weight is 477 g/mol. The molecule has 0 radical (unpaired) electrons. The first kappa shape index (κ1) is 20.6. The second-order valence-electron chi connectivity index (χ2n) is 9.55. The molecule has 4 aliphatic rings. The van der Waals surface area contributed by atoms with Gasteiger partial charge in [0.1, 0.15) is 0 Å². The third kappa shape index (κ3) is 3.08. The van der Waals surface area contributed by atoms with Crippen molar-refractivity contribution < 1.29 is 9.47 Å². The van der Waals surface area contributed by atoms with E-state index < -0.39 is 0 Å². The summed E-state index contributed by atoms with van der Waals surface area (Å²) in [6.45, 7) is 14.0. The first-order valence-electron chi connectivity index (χ1n) is 10.2. The van der Waals surface area contributed by atoms with Crippen LogP contribution in [0, 0.1) is 22.7 Å². The third-order valence-electron chi connectivity index (χ3n) is 7.33. The molecule has 6 atom stereocenters. The molecule has 2 saturated heterocycles. The number of nitrogens with one attached hydrogen (secondary N) is 2. The summed E-state index contributed by atoms with van der Waals surface area (Å²) in [5.74, 6) is 2.22. The number of fused-ring (bicyclic) bond motifs is 2. The minimum atomic E-state index is 0. The molecule has 0 bridgehead atoms. The third-order valence-corrected chi connectivity index (χ3v) is 7.33. The maximum Gasteiger partial charge on any atom is 0.191 e. The molecule has 0 aromatic heterocycles. The molecule has 6 unspecified atom stereocenters. The van der Waals surface area contributed by atoms with Crippen molar-refractivity contribution in [3.05, 3.63) is 0 Å². The Labute approximate surface area is 175 Å². The Morgan fingerprint density at radius 2 is 1.46 bits per heavy atom. The van der Waals surface area contributed by atoms with Gasteiger partial charge >= 0.3 is 0 Å². The molecule has 4 fully saturated rings. The van der Waals surface area contributed by atoms with Crippen molar-refractivity contribution in [3.63, 3.8) is 0 Å². The molecular formula is C20H36IN3O2. The van der Waals surface area contributed by atoms with E-state index in [1.54, 1.807) is 0 Å². The van der Waals surface area contributed by atoms with E-state index in [1.165, 1.54) is 19.3 Å². The number of hydrogen-bond acceptors (Lipinski definition) is 3. The summed E-state index contributed by atoms with van der Waals surface area (Å²) in [6.07, 6.45) is 4.41. The summed E-state index contributed by atoms with van der Waals surface area (Å²) in [5.41, 5.74) is 0.332. The van der Waals surface area contributed by atoms with E-state index in [1.807, 2.05) is 0 Å². The number of hydrogen-bond donors (Lipinski definition) is 2. The minimum absolute atomic E-state index is 0. The maximum absolute atomic E-state index is 6.05. The van der Waals surface area contributed by atoms with Crippen LogP contribution in [0.5, 0.6) is 0 Å². The molecule has 4 rings (SSSR count). The van der Waals surface area contributed by atoms with Gasteiger partial charge in [0.05, 0.1) is 12.2 Å². The second-order valence-corrected chi connectivity index (χ2v) is 9.55. The number of nitrogens with zero attached hydrogens (tertiary/aromatic N) is 1. The van der Waals surface area contributed by atoms with Crippen molar-refractivity contribution in [1.82, 2.24) is 10.6 Å². The van der Waals surface area contributed by atoms with Crippen LogP contribution in [-0.4, -0.2) is 50.0 Å². The van der Waals surface area contributed by atoms with E-state index in [0.717, 1.165) is 25.7 Å². The number of aliphatic imine (C=N–C) groups is 1. The van der Waals surface area contributed by atoms with Gasteiger partial charge in [-0.15, -0.1) is 24.0 Å². The van der Waals surface area contributed by atoms with Crippen LogP contribution in [0.15, 0.2) is 4.99 Å². The smallest absolute Gasteiger partial charge is 0.191 e. The molecule has 2 heterocycles. The molecule has 2 saturated carbocycles. The predicted molar refractivity (Wildman–Crippen MR) is 115 cm³/mol. The lowest BCUT2D eigenvalue weighted by Gasteiger charge is -2.60. The zero-order valence-electron chi connectivity index (χ0n) is 16.9. The van der Waals surface area contributed by atoms with Gasteiger partial charge in [-0.3, -0.25) is 4.99 Å². The van der Waals surface area contributed by atoms with Crippen LogP contribution in [0.3, 0.4) is 0 Å². The van der Waals surface area contributed by atoms with E-state index in [2.05, 4.69) is 45.3 Å². The van der Waals surface area contributed by atoms with E-state index >= 15 is 0 Å². The molecule has 2 N–H and O–H groups in total. The molecule has 150 valence electrons. The van der Waals surface area contributed by atoms with Crippen LogP contribution >= 0.6 is 24.0 Å². The van der Waals surface area contributed by atoms with Gasteiger partial charge in [0, 0.05) is 54.5 Å². The quantitative estimate of drug-likeness (QED) is 0.373. The van der Waals surface area contributed by atoms with Gasteiger partial charge in [-0.2, -0.15) is 0 Å².